The Morgan fingerprint density at radius 3 is 2.88 bits per heavy atom. The van der Waals surface area contributed by atoms with Gasteiger partial charge >= 0.3 is 0 Å². The van der Waals surface area contributed by atoms with Gasteiger partial charge in [0.15, 0.2) is 0 Å². The summed E-state index contributed by atoms with van der Waals surface area (Å²) in [6.45, 7) is -0.0931. The lowest BCUT2D eigenvalue weighted by atomic mass is 10.2. The molecule has 0 radical (unpaired) electrons. The summed E-state index contributed by atoms with van der Waals surface area (Å²) in [6, 6.07) is 7.44. The lowest BCUT2D eigenvalue weighted by Gasteiger charge is -2.15. The van der Waals surface area contributed by atoms with E-state index in [2.05, 4.69) is 31.3 Å². The molecule has 1 N–H and O–H groups in total. The molecule has 0 bridgehead atoms. The third-order valence-corrected chi connectivity index (χ3v) is 5.20. The quantitative estimate of drug-likeness (QED) is 0.709. The van der Waals surface area contributed by atoms with E-state index in [0.717, 1.165) is 17.3 Å². The van der Waals surface area contributed by atoms with E-state index in [1.165, 1.54) is 23.7 Å². The van der Waals surface area contributed by atoms with Gasteiger partial charge in [0, 0.05) is 10.5 Å². The van der Waals surface area contributed by atoms with Crippen LogP contribution in [-0.2, 0) is 11.3 Å². The van der Waals surface area contributed by atoms with Crippen molar-refractivity contribution < 1.29 is 4.79 Å². The Kier molecular flexibility index (Phi) is 4.58. The van der Waals surface area contributed by atoms with Crippen LogP contribution in [0.25, 0.3) is 10.9 Å². The number of nitrogens with one attached hydrogen (secondary N) is 1. The average molecular weight is 416 g/mol. The molecule has 1 amide bonds. The number of carbonyl (C=O) groups is 1. The third kappa shape index (κ3) is 3.29. The fraction of sp³-hybridized carbons (Fsp3) is 0.333. The molecule has 8 heteroatoms. The molecule has 26 heavy (non-hydrogen) atoms. The Morgan fingerprint density at radius 2 is 2.08 bits per heavy atom. The highest BCUT2D eigenvalue weighted by molar-refractivity contribution is 9.10. The number of halogens is 1. The van der Waals surface area contributed by atoms with Crippen LogP contribution >= 0.6 is 15.9 Å². The Balaban J connectivity index is 1.54. The van der Waals surface area contributed by atoms with Crippen LogP contribution < -0.4 is 10.9 Å². The van der Waals surface area contributed by atoms with Crippen LogP contribution in [0.1, 0.15) is 31.7 Å². The topological polar surface area (TPSA) is 81.8 Å². The first kappa shape index (κ1) is 17.0. The van der Waals surface area contributed by atoms with Gasteiger partial charge in [-0.05, 0) is 31.0 Å². The predicted molar refractivity (Wildman–Crippen MR) is 102 cm³/mol. The van der Waals surface area contributed by atoms with Gasteiger partial charge < -0.3 is 5.32 Å². The van der Waals surface area contributed by atoms with Crippen LogP contribution in [0.2, 0.25) is 0 Å². The van der Waals surface area contributed by atoms with Crippen molar-refractivity contribution in [3.05, 3.63) is 51.6 Å². The Hall–Kier alpha value is -2.48. The van der Waals surface area contributed by atoms with Gasteiger partial charge in [0.25, 0.3) is 5.56 Å². The number of nitrogens with zero attached hydrogens (tertiary/aromatic N) is 4. The van der Waals surface area contributed by atoms with Crippen molar-refractivity contribution >= 4 is 38.6 Å². The first-order valence-electron chi connectivity index (χ1n) is 8.60. The maximum Gasteiger partial charge on any atom is 0.261 e. The predicted octanol–water partition coefficient (Wildman–Crippen LogP) is 3.11. The number of hydrogen-bond donors (Lipinski definition) is 1. The van der Waals surface area contributed by atoms with Gasteiger partial charge in [0.2, 0.25) is 5.91 Å². The molecule has 2 heterocycles. The van der Waals surface area contributed by atoms with Crippen molar-refractivity contribution in [2.45, 2.75) is 38.3 Å². The Bertz CT molecular complexity index is 1020. The van der Waals surface area contributed by atoms with Crippen molar-refractivity contribution in [3.63, 3.8) is 0 Å². The number of fused-ring (bicyclic) bond motifs is 1. The number of benzene rings is 1. The molecule has 2 aromatic heterocycles. The van der Waals surface area contributed by atoms with Gasteiger partial charge in [-0.2, -0.15) is 5.10 Å². The highest BCUT2D eigenvalue weighted by atomic mass is 79.9. The maximum absolute atomic E-state index is 12.6. The van der Waals surface area contributed by atoms with E-state index in [1.807, 2.05) is 10.7 Å². The smallest absolute Gasteiger partial charge is 0.261 e. The van der Waals surface area contributed by atoms with Crippen LogP contribution in [0.3, 0.4) is 0 Å². The van der Waals surface area contributed by atoms with Crippen molar-refractivity contribution in [3.8, 4) is 0 Å². The van der Waals surface area contributed by atoms with Gasteiger partial charge in [0.05, 0.1) is 29.5 Å². The number of aromatic nitrogens is 4. The zero-order valence-corrected chi connectivity index (χ0v) is 15.6. The molecule has 1 aliphatic rings. The summed E-state index contributed by atoms with van der Waals surface area (Å²) in [5.41, 5.74) is 0.366. The molecular weight excluding hydrogens is 398 g/mol. The molecule has 4 rings (SSSR count). The van der Waals surface area contributed by atoms with E-state index < -0.39 is 0 Å². The number of anilines is 1. The number of amides is 1. The SMILES string of the molecule is O=C(Cn1cnc2ccc(Br)cc2c1=O)Nc1ccnn1C1CCCC1. The fourth-order valence-electron chi connectivity index (χ4n) is 3.43. The summed E-state index contributed by atoms with van der Waals surface area (Å²) in [5, 5.41) is 7.69. The normalized spacial score (nSPS) is 14.8. The van der Waals surface area contributed by atoms with Crippen LogP contribution in [0.5, 0.6) is 0 Å². The third-order valence-electron chi connectivity index (χ3n) is 4.71. The summed E-state index contributed by atoms with van der Waals surface area (Å²) in [7, 11) is 0. The minimum Gasteiger partial charge on any atom is -0.309 e. The van der Waals surface area contributed by atoms with E-state index in [4.69, 9.17) is 0 Å². The molecule has 0 aliphatic heterocycles. The molecule has 1 fully saturated rings. The highest BCUT2D eigenvalue weighted by Gasteiger charge is 2.20. The molecule has 1 aliphatic carbocycles. The fourth-order valence-corrected chi connectivity index (χ4v) is 3.80. The summed E-state index contributed by atoms with van der Waals surface area (Å²) in [4.78, 5) is 29.3. The van der Waals surface area contributed by atoms with E-state index in [1.54, 1.807) is 24.4 Å². The summed E-state index contributed by atoms with van der Waals surface area (Å²) < 4.78 is 4.00. The van der Waals surface area contributed by atoms with Crippen LogP contribution in [0, 0.1) is 0 Å². The van der Waals surface area contributed by atoms with Crippen LogP contribution in [0.15, 0.2) is 46.1 Å². The van der Waals surface area contributed by atoms with Gasteiger partial charge in [-0.15, -0.1) is 0 Å². The molecule has 7 nitrogen and oxygen atoms in total. The Labute approximate surface area is 158 Å². The monoisotopic (exact) mass is 415 g/mol. The second-order valence-corrected chi connectivity index (χ2v) is 7.40. The molecule has 0 atom stereocenters. The molecule has 1 aromatic carbocycles. The van der Waals surface area contributed by atoms with E-state index in [-0.39, 0.29) is 18.0 Å². The molecule has 1 saturated carbocycles. The van der Waals surface area contributed by atoms with Gasteiger partial charge in [-0.25, -0.2) is 9.67 Å². The minimum atomic E-state index is -0.275. The zero-order valence-electron chi connectivity index (χ0n) is 14.1. The molecule has 0 spiro atoms. The molecule has 0 unspecified atom stereocenters. The maximum atomic E-state index is 12.6. The summed E-state index contributed by atoms with van der Waals surface area (Å²) in [6.07, 6.45) is 7.62. The average Bonchev–Trinajstić information content (AvgIpc) is 3.29. The summed E-state index contributed by atoms with van der Waals surface area (Å²) >= 11 is 3.36. The van der Waals surface area contributed by atoms with E-state index in [0.29, 0.717) is 22.8 Å². The molecule has 0 saturated heterocycles. The van der Waals surface area contributed by atoms with Crippen LogP contribution in [-0.4, -0.2) is 25.2 Å². The second-order valence-electron chi connectivity index (χ2n) is 6.49. The standard InChI is InChI=1S/C18H18BrN5O2/c19-12-5-6-15-14(9-12)18(26)23(11-20-15)10-17(25)22-16-7-8-21-24(16)13-3-1-2-4-13/h5-9,11,13H,1-4,10H2,(H,22,25). The van der Waals surface area contributed by atoms with Crippen molar-refractivity contribution in [2.75, 3.05) is 5.32 Å². The molecule has 3 aromatic rings. The zero-order chi connectivity index (χ0) is 18.1. The lowest BCUT2D eigenvalue weighted by molar-refractivity contribution is -0.116. The van der Waals surface area contributed by atoms with E-state index >= 15 is 0 Å². The Morgan fingerprint density at radius 1 is 1.27 bits per heavy atom. The first-order chi connectivity index (χ1) is 12.6. The second kappa shape index (κ2) is 7.03. The number of hydrogen-bond acceptors (Lipinski definition) is 4. The number of rotatable bonds is 4. The van der Waals surface area contributed by atoms with Crippen molar-refractivity contribution in [1.82, 2.24) is 19.3 Å². The van der Waals surface area contributed by atoms with Crippen LogP contribution in [0.4, 0.5) is 5.82 Å². The first-order valence-corrected chi connectivity index (χ1v) is 9.39. The van der Waals surface area contributed by atoms with Gasteiger partial charge in [-0.1, -0.05) is 28.8 Å². The van der Waals surface area contributed by atoms with Crippen molar-refractivity contribution in [2.24, 2.45) is 0 Å². The molecular formula is C18H18BrN5O2. The largest absolute Gasteiger partial charge is 0.309 e. The lowest BCUT2D eigenvalue weighted by Crippen LogP contribution is -2.28. The highest BCUT2D eigenvalue weighted by Crippen LogP contribution is 2.31. The van der Waals surface area contributed by atoms with Gasteiger partial charge in [-0.3, -0.25) is 14.2 Å². The number of carbonyl (C=O) groups excluding carboxylic acids is 1. The summed E-state index contributed by atoms with van der Waals surface area (Å²) in [5.74, 6) is 0.398. The minimum absolute atomic E-state index is 0.0931. The van der Waals surface area contributed by atoms with E-state index in [9.17, 15) is 9.59 Å². The molecule has 134 valence electrons. The van der Waals surface area contributed by atoms with Crippen molar-refractivity contribution in [1.29, 1.82) is 0 Å². The van der Waals surface area contributed by atoms with Gasteiger partial charge in [0.1, 0.15) is 12.4 Å².